The number of halogens is 1. The van der Waals surface area contributed by atoms with Crippen molar-refractivity contribution in [2.24, 2.45) is 0 Å². The summed E-state index contributed by atoms with van der Waals surface area (Å²) in [6.45, 7) is 0.422. The molecule has 0 spiro atoms. The van der Waals surface area contributed by atoms with Crippen molar-refractivity contribution >= 4 is 22.7 Å². The highest BCUT2D eigenvalue weighted by Crippen LogP contribution is 2.30. The Morgan fingerprint density at radius 2 is 1.93 bits per heavy atom. The van der Waals surface area contributed by atoms with Crippen LogP contribution in [0, 0.1) is 17.1 Å². The minimum absolute atomic E-state index is 0.326. The van der Waals surface area contributed by atoms with Crippen LogP contribution in [0.25, 0.3) is 22.7 Å². The lowest BCUT2D eigenvalue weighted by Crippen LogP contribution is -1.97. The molecule has 1 N–H and O–H groups in total. The Balaban J connectivity index is 1.60. The first-order valence-electron chi connectivity index (χ1n) is 9.28. The van der Waals surface area contributed by atoms with Crippen LogP contribution in [0.1, 0.15) is 17.0 Å². The van der Waals surface area contributed by atoms with Gasteiger partial charge in [0, 0.05) is 0 Å². The van der Waals surface area contributed by atoms with Crippen LogP contribution in [0.15, 0.2) is 66.7 Å². The second-order valence-electron chi connectivity index (χ2n) is 6.60. The van der Waals surface area contributed by atoms with Crippen molar-refractivity contribution in [3.8, 4) is 17.6 Å². The molecule has 1 heterocycles. The van der Waals surface area contributed by atoms with Crippen LogP contribution in [0.3, 0.4) is 0 Å². The maximum atomic E-state index is 13.4. The Morgan fingerprint density at radius 1 is 1.10 bits per heavy atom. The Hall–Kier alpha value is -4.11. The highest BCUT2D eigenvalue weighted by molar-refractivity contribution is 5.90. The van der Waals surface area contributed by atoms with E-state index in [0.717, 1.165) is 11.1 Å². The van der Waals surface area contributed by atoms with E-state index in [1.807, 2.05) is 36.4 Å². The summed E-state index contributed by atoms with van der Waals surface area (Å²) < 4.78 is 24.7. The number of nitriles is 1. The molecule has 1 aromatic heterocycles. The fourth-order valence-electron chi connectivity index (χ4n) is 3.06. The van der Waals surface area contributed by atoms with E-state index < -0.39 is 0 Å². The number of nitrogens with zero attached hydrogens (tertiary/aromatic N) is 2. The summed E-state index contributed by atoms with van der Waals surface area (Å²) in [6, 6.07) is 21.7. The van der Waals surface area contributed by atoms with Gasteiger partial charge in [-0.2, -0.15) is 5.26 Å². The largest absolute Gasteiger partial charge is 0.493 e. The van der Waals surface area contributed by atoms with Crippen LogP contribution in [-0.4, -0.2) is 17.1 Å². The molecule has 0 fully saturated rings. The van der Waals surface area contributed by atoms with Gasteiger partial charge in [-0.25, -0.2) is 9.37 Å². The third-order valence-corrected chi connectivity index (χ3v) is 4.56. The van der Waals surface area contributed by atoms with E-state index in [1.54, 1.807) is 31.4 Å². The van der Waals surface area contributed by atoms with E-state index in [0.29, 0.717) is 40.5 Å². The van der Waals surface area contributed by atoms with Crippen molar-refractivity contribution < 1.29 is 13.9 Å². The number of hydrogen-bond acceptors (Lipinski definition) is 4. The molecule has 30 heavy (non-hydrogen) atoms. The third kappa shape index (κ3) is 4.15. The number of fused-ring (bicyclic) bond motifs is 1. The summed E-state index contributed by atoms with van der Waals surface area (Å²) in [5.41, 5.74) is 3.26. The molecule has 5 nitrogen and oxygen atoms in total. The van der Waals surface area contributed by atoms with Crippen LogP contribution >= 0.6 is 0 Å². The smallest absolute Gasteiger partial charge is 0.161 e. The van der Waals surface area contributed by atoms with E-state index >= 15 is 0 Å². The molecule has 3 aromatic carbocycles. The number of aromatic nitrogens is 2. The zero-order valence-corrected chi connectivity index (χ0v) is 16.2. The van der Waals surface area contributed by atoms with Gasteiger partial charge in [0.25, 0.3) is 0 Å². The number of benzene rings is 3. The average molecular weight is 399 g/mol. The monoisotopic (exact) mass is 399 g/mol. The van der Waals surface area contributed by atoms with Crippen LogP contribution in [0.5, 0.6) is 11.5 Å². The summed E-state index contributed by atoms with van der Waals surface area (Å²) in [5.74, 6) is 1.18. The Labute approximate surface area is 173 Å². The number of H-pyrrole nitrogens is 1. The number of rotatable bonds is 6. The molecule has 0 aliphatic rings. The van der Waals surface area contributed by atoms with Gasteiger partial charge in [-0.3, -0.25) is 0 Å². The molecule has 4 rings (SSSR count). The summed E-state index contributed by atoms with van der Waals surface area (Å²) in [7, 11) is 1.57. The molecule has 0 saturated heterocycles. The molecular formula is C24H18FN3O2. The predicted octanol–water partition coefficient (Wildman–Crippen LogP) is 5.35. The molecule has 148 valence electrons. The fraction of sp³-hybridized carbons (Fsp3) is 0.0833. The highest BCUT2D eigenvalue weighted by atomic mass is 19.1. The van der Waals surface area contributed by atoms with Crippen LogP contribution in [0.4, 0.5) is 4.39 Å². The third-order valence-electron chi connectivity index (χ3n) is 4.56. The molecule has 0 aliphatic carbocycles. The van der Waals surface area contributed by atoms with Gasteiger partial charge in [-0.1, -0.05) is 36.4 Å². The number of allylic oxidation sites excluding steroid dienone is 1. The van der Waals surface area contributed by atoms with Crippen molar-refractivity contribution in [1.29, 1.82) is 5.26 Å². The van der Waals surface area contributed by atoms with Crippen LogP contribution < -0.4 is 9.47 Å². The minimum Gasteiger partial charge on any atom is -0.493 e. The fourth-order valence-corrected chi connectivity index (χ4v) is 3.06. The molecule has 0 amide bonds. The molecule has 4 aromatic rings. The standard InChI is InChI=1S/C24H18FN3O2/c1-29-23-12-17(7-10-22(23)30-15-16-5-3-2-4-6-16)11-18(14-26)24-27-20-9-8-19(25)13-21(20)28-24/h2-13H,15H2,1H3,(H,27,28)/b18-11-. The second-order valence-corrected chi connectivity index (χ2v) is 6.60. The van der Waals surface area contributed by atoms with E-state index in [-0.39, 0.29) is 5.82 Å². The lowest BCUT2D eigenvalue weighted by Gasteiger charge is -2.11. The van der Waals surface area contributed by atoms with Crippen molar-refractivity contribution in [2.45, 2.75) is 6.61 Å². The molecule has 0 atom stereocenters. The van der Waals surface area contributed by atoms with Crippen molar-refractivity contribution in [3.05, 3.63) is 89.5 Å². The van der Waals surface area contributed by atoms with Gasteiger partial charge in [0.05, 0.1) is 23.7 Å². The molecule has 0 unspecified atom stereocenters. The number of imidazole rings is 1. The van der Waals surface area contributed by atoms with Crippen LogP contribution in [0.2, 0.25) is 0 Å². The van der Waals surface area contributed by atoms with E-state index in [2.05, 4.69) is 16.0 Å². The number of methoxy groups -OCH3 is 1. The predicted molar refractivity (Wildman–Crippen MR) is 113 cm³/mol. The van der Waals surface area contributed by atoms with Gasteiger partial charge < -0.3 is 14.5 Å². The van der Waals surface area contributed by atoms with Gasteiger partial charge >= 0.3 is 0 Å². The molecular weight excluding hydrogens is 381 g/mol. The first-order valence-corrected chi connectivity index (χ1v) is 9.28. The van der Waals surface area contributed by atoms with Gasteiger partial charge in [-0.05, 0) is 47.5 Å². The minimum atomic E-state index is -0.365. The van der Waals surface area contributed by atoms with Crippen molar-refractivity contribution in [2.75, 3.05) is 7.11 Å². The number of hydrogen-bond donors (Lipinski definition) is 1. The number of nitrogens with one attached hydrogen (secondary N) is 1. The van der Waals surface area contributed by atoms with E-state index in [1.165, 1.54) is 12.1 Å². The lowest BCUT2D eigenvalue weighted by atomic mass is 10.1. The normalized spacial score (nSPS) is 11.3. The molecule has 0 saturated carbocycles. The first-order chi connectivity index (χ1) is 14.7. The second kappa shape index (κ2) is 8.50. The summed E-state index contributed by atoms with van der Waals surface area (Å²) in [4.78, 5) is 7.36. The topological polar surface area (TPSA) is 70.9 Å². The lowest BCUT2D eigenvalue weighted by molar-refractivity contribution is 0.284. The highest BCUT2D eigenvalue weighted by Gasteiger charge is 2.11. The molecule has 6 heteroatoms. The van der Waals surface area contributed by atoms with Crippen LogP contribution in [-0.2, 0) is 6.61 Å². The molecule has 0 radical (unpaired) electrons. The van der Waals surface area contributed by atoms with Gasteiger partial charge in [0.2, 0.25) is 0 Å². The average Bonchev–Trinajstić information content (AvgIpc) is 3.20. The Bertz CT molecular complexity index is 1260. The quantitative estimate of drug-likeness (QED) is 0.444. The summed E-state index contributed by atoms with van der Waals surface area (Å²) >= 11 is 0. The Kier molecular flexibility index (Phi) is 5.44. The maximum absolute atomic E-state index is 13.4. The molecule has 0 bridgehead atoms. The van der Waals surface area contributed by atoms with Gasteiger partial charge in [0.1, 0.15) is 24.3 Å². The van der Waals surface area contributed by atoms with Crippen molar-refractivity contribution in [3.63, 3.8) is 0 Å². The number of ether oxygens (including phenoxy) is 2. The zero-order valence-electron chi connectivity index (χ0n) is 16.2. The number of aromatic amines is 1. The Morgan fingerprint density at radius 3 is 2.70 bits per heavy atom. The SMILES string of the molecule is COc1cc(/C=C(/C#N)c2nc3ccc(F)cc3[nH]2)ccc1OCc1ccccc1. The first kappa shape index (κ1) is 19.2. The van der Waals surface area contributed by atoms with E-state index in [4.69, 9.17) is 9.47 Å². The van der Waals surface area contributed by atoms with Gasteiger partial charge in [0.15, 0.2) is 11.5 Å². The van der Waals surface area contributed by atoms with Crippen molar-refractivity contribution in [1.82, 2.24) is 9.97 Å². The molecule has 0 aliphatic heterocycles. The summed E-state index contributed by atoms with van der Waals surface area (Å²) in [6.07, 6.45) is 1.69. The zero-order chi connectivity index (χ0) is 20.9. The summed E-state index contributed by atoms with van der Waals surface area (Å²) in [5, 5.41) is 9.60. The van der Waals surface area contributed by atoms with Gasteiger partial charge in [-0.15, -0.1) is 0 Å². The maximum Gasteiger partial charge on any atom is 0.161 e. The van der Waals surface area contributed by atoms with E-state index in [9.17, 15) is 9.65 Å².